The largest absolute Gasteiger partial charge is 0.298 e. The summed E-state index contributed by atoms with van der Waals surface area (Å²) in [6.07, 6.45) is 0.483. The normalized spacial score (nSPS) is 10.2. The second kappa shape index (κ2) is 5.56. The van der Waals surface area contributed by atoms with Crippen LogP contribution in [0.1, 0.15) is 13.3 Å². The molecule has 0 fully saturated rings. The van der Waals surface area contributed by atoms with Gasteiger partial charge in [-0.1, -0.05) is 6.92 Å². The van der Waals surface area contributed by atoms with Gasteiger partial charge in [0.25, 0.3) is 0 Å². The van der Waals surface area contributed by atoms with Crippen molar-refractivity contribution >= 4 is 34.8 Å². The van der Waals surface area contributed by atoms with Crippen LogP contribution in [0.4, 0.5) is 0 Å². The van der Waals surface area contributed by atoms with Crippen LogP contribution in [0, 0.1) is 5.92 Å². The lowest BCUT2D eigenvalue weighted by molar-refractivity contribution is -0.130. The molecule has 0 heterocycles. The molecule has 0 aliphatic rings. The molecule has 0 saturated heterocycles. The zero-order chi connectivity index (χ0) is 8.85. The van der Waals surface area contributed by atoms with Gasteiger partial charge >= 0.3 is 0 Å². The molecule has 0 radical (unpaired) electrons. The molecule has 0 aromatic rings. The number of hydrogen-bond acceptors (Lipinski definition) is 2. The van der Waals surface area contributed by atoms with Crippen LogP contribution in [0.5, 0.6) is 0 Å². The molecule has 0 bridgehead atoms. The fraction of sp³-hybridized carbons (Fsp3) is 0.714. The third-order valence-corrected chi connectivity index (χ3v) is 1.98. The highest BCUT2D eigenvalue weighted by atomic mass is 35.5. The first-order valence-corrected chi connectivity index (χ1v) is 4.41. The van der Waals surface area contributed by atoms with Crippen molar-refractivity contribution in [2.24, 2.45) is 5.92 Å². The van der Waals surface area contributed by atoms with Crippen LogP contribution in [0.15, 0.2) is 0 Å². The van der Waals surface area contributed by atoms with E-state index in [0.717, 1.165) is 0 Å². The van der Waals surface area contributed by atoms with Gasteiger partial charge in [0, 0.05) is 0 Å². The third-order valence-electron chi connectivity index (χ3n) is 1.45. The van der Waals surface area contributed by atoms with E-state index in [1.165, 1.54) is 0 Å². The Morgan fingerprint density at radius 1 is 1.18 bits per heavy atom. The van der Waals surface area contributed by atoms with Crippen molar-refractivity contribution in [1.82, 2.24) is 0 Å². The zero-order valence-electron chi connectivity index (χ0n) is 6.27. The fourth-order valence-corrected chi connectivity index (χ4v) is 1.19. The number of rotatable bonds is 5. The maximum Gasteiger partial charge on any atom is 0.158 e. The third kappa shape index (κ3) is 3.21. The van der Waals surface area contributed by atoms with Crippen molar-refractivity contribution < 1.29 is 9.59 Å². The topological polar surface area (TPSA) is 34.1 Å². The van der Waals surface area contributed by atoms with E-state index in [2.05, 4.69) is 0 Å². The van der Waals surface area contributed by atoms with Gasteiger partial charge in [-0.15, -0.1) is 23.2 Å². The number of carbonyl (C=O) groups excluding carboxylic acids is 2. The average Bonchev–Trinajstić information content (AvgIpc) is 2.05. The smallest absolute Gasteiger partial charge is 0.158 e. The molecule has 0 aromatic carbocycles. The minimum atomic E-state index is -0.593. The van der Waals surface area contributed by atoms with Crippen LogP contribution in [-0.2, 0) is 9.59 Å². The molecular formula is C7H10Cl2O2. The van der Waals surface area contributed by atoms with Gasteiger partial charge in [-0.25, -0.2) is 0 Å². The molecule has 0 unspecified atom stereocenters. The summed E-state index contributed by atoms with van der Waals surface area (Å²) in [4.78, 5) is 21.9. The number of ketones is 2. The molecular weight excluding hydrogens is 187 g/mol. The van der Waals surface area contributed by atoms with Gasteiger partial charge in [0.15, 0.2) is 11.6 Å². The average molecular weight is 197 g/mol. The first kappa shape index (κ1) is 10.9. The molecule has 4 heteroatoms. The number of carbonyl (C=O) groups is 2. The minimum Gasteiger partial charge on any atom is -0.298 e. The number of halogens is 2. The summed E-state index contributed by atoms with van der Waals surface area (Å²) >= 11 is 10.6. The number of alkyl halides is 2. The van der Waals surface area contributed by atoms with Crippen molar-refractivity contribution in [2.75, 3.05) is 11.8 Å². The highest BCUT2D eigenvalue weighted by molar-refractivity contribution is 6.33. The molecule has 0 amide bonds. The summed E-state index contributed by atoms with van der Waals surface area (Å²) in [5.74, 6) is -1.29. The van der Waals surface area contributed by atoms with E-state index in [1.54, 1.807) is 6.92 Å². The molecule has 0 aliphatic carbocycles. The predicted octanol–water partition coefficient (Wildman–Crippen LogP) is 1.63. The Balaban J connectivity index is 4.15. The van der Waals surface area contributed by atoms with Crippen molar-refractivity contribution in [3.63, 3.8) is 0 Å². The molecule has 0 saturated carbocycles. The second-order valence-electron chi connectivity index (χ2n) is 2.16. The lowest BCUT2D eigenvalue weighted by atomic mass is 9.98. The summed E-state index contributed by atoms with van der Waals surface area (Å²) < 4.78 is 0. The van der Waals surface area contributed by atoms with E-state index in [0.29, 0.717) is 6.42 Å². The molecule has 0 atom stereocenters. The molecule has 0 aromatic heterocycles. The first-order valence-electron chi connectivity index (χ1n) is 3.34. The SMILES string of the molecule is CCC(C(=O)CCl)C(=O)CCl. The monoisotopic (exact) mass is 196 g/mol. The van der Waals surface area contributed by atoms with E-state index < -0.39 is 5.92 Å². The van der Waals surface area contributed by atoms with Crippen molar-refractivity contribution in [3.05, 3.63) is 0 Å². The summed E-state index contributed by atoms with van der Waals surface area (Å²) in [6.45, 7) is 1.76. The van der Waals surface area contributed by atoms with Crippen molar-refractivity contribution in [3.8, 4) is 0 Å². The summed E-state index contributed by atoms with van der Waals surface area (Å²) in [5, 5.41) is 0. The predicted molar refractivity (Wildman–Crippen MR) is 45.2 cm³/mol. The Kier molecular flexibility index (Phi) is 5.51. The second-order valence-corrected chi connectivity index (χ2v) is 2.70. The Labute approximate surface area is 75.9 Å². The molecule has 64 valence electrons. The summed E-state index contributed by atoms with van der Waals surface area (Å²) in [6, 6.07) is 0. The Morgan fingerprint density at radius 3 is 1.73 bits per heavy atom. The van der Waals surface area contributed by atoms with Gasteiger partial charge in [-0.3, -0.25) is 9.59 Å². The number of Topliss-reactive ketones (excluding diaryl/α,β-unsaturated/α-hetero) is 2. The van der Waals surface area contributed by atoms with E-state index in [9.17, 15) is 9.59 Å². The van der Waals surface area contributed by atoms with Crippen LogP contribution in [0.25, 0.3) is 0 Å². The van der Waals surface area contributed by atoms with E-state index >= 15 is 0 Å². The van der Waals surface area contributed by atoms with Gasteiger partial charge in [-0.05, 0) is 6.42 Å². The maximum atomic E-state index is 10.9. The molecule has 2 nitrogen and oxygen atoms in total. The number of hydrogen-bond donors (Lipinski definition) is 0. The van der Waals surface area contributed by atoms with Gasteiger partial charge in [0.1, 0.15) is 0 Å². The van der Waals surface area contributed by atoms with Crippen LogP contribution in [-0.4, -0.2) is 23.3 Å². The first-order chi connectivity index (χ1) is 5.17. The standard InChI is InChI=1S/C7H10Cl2O2/c1-2-5(6(10)3-8)7(11)4-9/h5H,2-4H2,1H3. The highest BCUT2D eigenvalue weighted by Crippen LogP contribution is 2.07. The quantitative estimate of drug-likeness (QED) is 0.495. The Hall–Kier alpha value is -0.0800. The van der Waals surface area contributed by atoms with Gasteiger partial charge in [0.05, 0.1) is 17.7 Å². The lowest BCUT2D eigenvalue weighted by Gasteiger charge is -2.07. The lowest BCUT2D eigenvalue weighted by Crippen LogP contribution is -2.25. The van der Waals surface area contributed by atoms with Gasteiger partial charge in [0.2, 0.25) is 0 Å². The van der Waals surface area contributed by atoms with Gasteiger partial charge < -0.3 is 0 Å². The molecule has 0 N–H and O–H groups in total. The zero-order valence-corrected chi connectivity index (χ0v) is 7.78. The Bertz CT molecular complexity index is 141. The highest BCUT2D eigenvalue weighted by Gasteiger charge is 2.22. The molecule has 0 rings (SSSR count). The Morgan fingerprint density at radius 2 is 1.55 bits per heavy atom. The molecule has 0 spiro atoms. The summed E-state index contributed by atoms with van der Waals surface area (Å²) in [5.41, 5.74) is 0. The van der Waals surface area contributed by atoms with Gasteiger partial charge in [-0.2, -0.15) is 0 Å². The van der Waals surface area contributed by atoms with Crippen LogP contribution in [0.3, 0.4) is 0 Å². The maximum absolute atomic E-state index is 10.9. The molecule has 11 heavy (non-hydrogen) atoms. The van der Waals surface area contributed by atoms with Crippen LogP contribution in [0.2, 0.25) is 0 Å². The molecule has 0 aliphatic heterocycles. The van der Waals surface area contributed by atoms with E-state index in [1.807, 2.05) is 0 Å². The van der Waals surface area contributed by atoms with Crippen molar-refractivity contribution in [1.29, 1.82) is 0 Å². The fourth-order valence-electron chi connectivity index (χ4n) is 0.821. The van der Waals surface area contributed by atoms with Crippen molar-refractivity contribution in [2.45, 2.75) is 13.3 Å². The van der Waals surface area contributed by atoms with E-state index in [4.69, 9.17) is 23.2 Å². The van der Waals surface area contributed by atoms with E-state index in [-0.39, 0.29) is 23.3 Å². The minimum absolute atomic E-state index is 0.110. The van der Waals surface area contributed by atoms with Crippen LogP contribution >= 0.6 is 23.2 Å². The summed E-state index contributed by atoms with van der Waals surface area (Å²) in [7, 11) is 0. The van der Waals surface area contributed by atoms with Crippen LogP contribution < -0.4 is 0 Å².